The molecule has 2 unspecified atom stereocenters. The van der Waals surface area contributed by atoms with Gasteiger partial charge in [-0.05, 0) is 12.8 Å². The Morgan fingerprint density at radius 1 is 1.67 bits per heavy atom. The predicted octanol–water partition coefficient (Wildman–Crippen LogP) is 0.132. The van der Waals surface area contributed by atoms with E-state index in [9.17, 15) is 13.8 Å². The predicted molar refractivity (Wildman–Crippen MR) is 61.5 cm³/mol. The highest BCUT2D eigenvalue weighted by molar-refractivity contribution is 14.1. The van der Waals surface area contributed by atoms with Crippen LogP contribution in [0.1, 0.15) is 12.8 Å². The molecule has 2 rings (SSSR count). The summed E-state index contributed by atoms with van der Waals surface area (Å²) in [6.07, 6.45) is 1.06. The fourth-order valence-electron chi connectivity index (χ4n) is 1.70. The van der Waals surface area contributed by atoms with Gasteiger partial charge in [0.25, 0.3) is 0 Å². The molecule has 15 heavy (non-hydrogen) atoms. The summed E-state index contributed by atoms with van der Waals surface area (Å²) in [7, 11) is -1.48. The van der Waals surface area contributed by atoms with Crippen LogP contribution in [0.25, 0.3) is 0 Å². The summed E-state index contributed by atoms with van der Waals surface area (Å²) in [5, 5.41) is 2.56. The van der Waals surface area contributed by atoms with Crippen LogP contribution in [0.5, 0.6) is 0 Å². The van der Waals surface area contributed by atoms with Crippen molar-refractivity contribution in [2.45, 2.75) is 12.8 Å². The van der Waals surface area contributed by atoms with E-state index in [1.807, 2.05) is 0 Å². The molecule has 82 valence electrons. The van der Waals surface area contributed by atoms with Gasteiger partial charge in [0.1, 0.15) is 0 Å². The summed E-state index contributed by atoms with van der Waals surface area (Å²) in [5.74, 6) is -0.989. The Morgan fingerprint density at radius 3 is 2.93 bits per heavy atom. The maximum absolute atomic E-state index is 11.7. The average molecular weight is 341 g/mol. The molecular formula is C7H8IN3O3S. The van der Waals surface area contributed by atoms with Gasteiger partial charge in [0.15, 0.2) is 11.0 Å². The summed E-state index contributed by atoms with van der Waals surface area (Å²) in [6.45, 7) is 0. The Labute approximate surface area is 102 Å². The molecule has 3 N–H and O–H groups in total. The monoisotopic (exact) mass is 341 g/mol. The molecule has 2 atom stereocenters. The fourth-order valence-corrected chi connectivity index (χ4v) is 3.60. The van der Waals surface area contributed by atoms with Gasteiger partial charge in [-0.1, -0.05) is 0 Å². The maximum atomic E-state index is 11.7. The molecule has 0 saturated heterocycles. The largest absolute Gasteiger partial charge is 0.369 e. The molecule has 1 aliphatic carbocycles. The van der Waals surface area contributed by atoms with Crippen molar-refractivity contribution < 1.29 is 13.8 Å². The maximum Gasteiger partial charge on any atom is 0.343 e. The lowest BCUT2D eigenvalue weighted by Gasteiger charge is -2.23. The molecule has 6 nitrogen and oxygen atoms in total. The quantitative estimate of drug-likeness (QED) is 0.525. The van der Waals surface area contributed by atoms with E-state index < -0.39 is 28.8 Å². The number of amides is 3. The number of primary amides is 1. The van der Waals surface area contributed by atoms with E-state index >= 15 is 0 Å². The van der Waals surface area contributed by atoms with Crippen molar-refractivity contribution in [3.63, 3.8) is 0 Å². The Balaban J connectivity index is 2.40. The molecule has 0 aromatic rings. The van der Waals surface area contributed by atoms with Gasteiger partial charge in [0.05, 0.1) is 33.7 Å². The van der Waals surface area contributed by atoms with Gasteiger partial charge in [0.2, 0.25) is 5.91 Å². The van der Waals surface area contributed by atoms with Crippen LogP contribution in [0.4, 0.5) is 4.79 Å². The van der Waals surface area contributed by atoms with Crippen molar-refractivity contribution in [1.82, 2.24) is 7.84 Å². The smallest absolute Gasteiger partial charge is 0.343 e. The summed E-state index contributed by atoms with van der Waals surface area (Å²) in [6, 6.07) is -0.471. The van der Waals surface area contributed by atoms with E-state index in [0.717, 1.165) is 2.52 Å². The van der Waals surface area contributed by atoms with Crippen molar-refractivity contribution in [1.29, 1.82) is 0 Å². The number of nitrogens with one attached hydrogen (secondary N) is 1. The number of hydrogen-bond acceptors (Lipinski definition) is 3. The van der Waals surface area contributed by atoms with Crippen LogP contribution in [0.15, 0.2) is 10.6 Å². The van der Waals surface area contributed by atoms with Crippen LogP contribution >= 0.6 is 22.9 Å². The number of nitrogens with zero attached hydrogens (tertiary/aromatic N) is 1. The van der Waals surface area contributed by atoms with Gasteiger partial charge >= 0.3 is 6.03 Å². The Morgan fingerprint density at radius 2 is 2.33 bits per heavy atom. The third-order valence-electron chi connectivity index (χ3n) is 2.41. The van der Waals surface area contributed by atoms with Crippen molar-refractivity contribution in [2.75, 3.05) is 0 Å². The van der Waals surface area contributed by atoms with E-state index in [4.69, 9.17) is 5.73 Å². The molecule has 3 amide bonds. The Bertz CT molecular complexity index is 408. The fraction of sp³-hybridized carbons (Fsp3) is 0.429. The minimum Gasteiger partial charge on any atom is -0.369 e. The van der Waals surface area contributed by atoms with Crippen LogP contribution < -0.4 is 11.1 Å². The van der Waals surface area contributed by atoms with E-state index in [-0.39, 0.29) is 0 Å². The van der Waals surface area contributed by atoms with Crippen molar-refractivity contribution >= 4 is 45.8 Å². The number of carbonyl (C=O) groups is 2. The van der Waals surface area contributed by atoms with E-state index in [1.54, 1.807) is 22.9 Å². The molecule has 8 heteroatoms. The van der Waals surface area contributed by atoms with Crippen LogP contribution in [0, 0.1) is 5.92 Å². The zero-order valence-corrected chi connectivity index (χ0v) is 10.5. The molecule has 1 heterocycles. The number of urea groups is 1. The molecule has 0 bridgehead atoms. The first-order valence-electron chi connectivity index (χ1n) is 4.23. The minimum atomic E-state index is -1.48. The molecule has 1 aliphatic heterocycles. The van der Waals surface area contributed by atoms with E-state index in [1.165, 1.54) is 0 Å². The highest BCUT2D eigenvalue weighted by atomic mass is 127. The average Bonchev–Trinajstić information content (AvgIpc) is 2.58. The molecule has 0 radical (unpaired) electrons. The normalized spacial score (nSPS) is 30.2. The standard InChI is InChI=1S/C7H8IN3O3S/c8-11-7(13)10-5-3(6(9)12)1-2-4(5)15(11)14/h3H,1-2H2,(H2,9,12)(H,10,13). The zero-order valence-electron chi connectivity index (χ0n) is 7.53. The second-order valence-corrected chi connectivity index (χ2v) is 6.23. The molecule has 0 aromatic heterocycles. The molecule has 0 aromatic carbocycles. The lowest BCUT2D eigenvalue weighted by molar-refractivity contribution is -0.120. The summed E-state index contributed by atoms with van der Waals surface area (Å²) in [5.41, 5.74) is 5.63. The van der Waals surface area contributed by atoms with Crippen LogP contribution in [-0.4, -0.2) is 18.7 Å². The molecule has 2 aliphatic rings. The highest BCUT2D eigenvalue weighted by Gasteiger charge is 2.40. The van der Waals surface area contributed by atoms with Gasteiger partial charge in [-0.3, -0.25) is 4.79 Å². The summed E-state index contributed by atoms with van der Waals surface area (Å²) in [4.78, 5) is 23.0. The SMILES string of the molecule is NC(=O)C1CCC2=C1NC(=O)N(I)S2=O. The third kappa shape index (κ3) is 1.65. The number of rotatable bonds is 1. The number of carbonyl (C=O) groups excluding carboxylic acids is 2. The first-order valence-corrected chi connectivity index (χ1v) is 6.30. The lowest BCUT2D eigenvalue weighted by atomic mass is 10.1. The molecule has 0 saturated carbocycles. The van der Waals surface area contributed by atoms with Crippen LogP contribution in [0.2, 0.25) is 0 Å². The summed E-state index contributed by atoms with van der Waals surface area (Å²) >= 11 is 1.68. The Kier molecular flexibility index (Phi) is 2.71. The number of nitrogens with two attached hydrogens (primary N) is 1. The third-order valence-corrected chi connectivity index (χ3v) is 5.22. The van der Waals surface area contributed by atoms with E-state index in [0.29, 0.717) is 23.4 Å². The number of halogens is 1. The van der Waals surface area contributed by atoms with E-state index in [2.05, 4.69) is 5.32 Å². The Hall–Kier alpha value is -0.640. The van der Waals surface area contributed by atoms with Gasteiger partial charge in [-0.2, -0.15) is 2.52 Å². The first-order chi connectivity index (χ1) is 7.02. The topological polar surface area (TPSA) is 92.5 Å². The van der Waals surface area contributed by atoms with Crippen LogP contribution in [-0.2, 0) is 15.8 Å². The molecule has 0 spiro atoms. The van der Waals surface area contributed by atoms with Crippen LogP contribution in [0.3, 0.4) is 0 Å². The lowest BCUT2D eigenvalue weighted by Crippen LogP contribution is -2.42. The first kappa shape index (κ1) is 10.9. The van der Waals surface area contributed by atoms with Crippen molar-refractivity contribution in [3.8, 4) is 0 Å². The minimum absolute atomic E-state index is 0.443. The molecule has 0 fully saturated rings. The number of hydrogen-bond donors (Lipinski definition) is 2. The van der Waals surface area contributed by atoms with Gasteiger partial charge in [-0.15, -0.1) is 0 Å². The number of allylic oxidation sites excluding steroid dienone is 1. The van der Waals surface area contributed by atoms with Gasteiger partial charge < -0.3 is 11.1 Å². The second-order valence-electron chi connectivity index (χ2n) is 3.25. The van der Waals surface area contributed by atoms with Crippen molar-refractivity contribution in [2.24, 2.45) is 11.7 Å². The zero-order chi connectivity index (χ0) is 11.2. The highest BCUT2D eigenvalue weighted by Crippen LogP contribution is 2.36. The van der Waals surface area contributed by atoms with Gasteiger partial charge in [0, 0.05) is 5.70 Å². The summed E-state index contributed by atoms with van der Waals surface area (Å²) < 4.78 is 12.8. The van der Waals surface area contributed by atoms with Gasteiger partial charge in [-0.25, -0.2) is 9.00 Å². The van der Waals surface area contributed by atoms with Crippen molar-refractivity contribution in [3.05, 3.63) is 10.6 Å². The second kappa shape index (κ2) is 3.74. The molecular weight excluding hydrogens is 333 g/mol.